The van der Waals surface area contributed by atoms with Crippen molar-refractivity contribution in [2.24, 2.45) is 0 Å². The van der Waals surface area contributed by atoms with Crippen molar-refractivity contribution in [2.45, 2.75) is 0 Å². The Hall–Kier alpha value is -3.47. The van der Waals surface area contributed by atoms with E-state index in [-0.39, 0.29) is 0 Å². The van der Waals surface area contributed by atoms with Gasteiger partial charge in [0.05, 0.1) is 12.7 Å². The second-order valence-electron chi connectivity index (χ2n) is 7.10. The lowest BCUT2D eigenvalue weighted by molar-refractivity contribution is 0.0697. The molecule has 29 heavy (non-hydrogen) atoms. The van der Waals surface area contributed by atoms with Crippen LogP contribution in [0.3, 0.4) is 0 Å². The van der Waals surface area contributed by atoms with Crippen LogP contribution < -0.4 is 14.5 Å². The maximum absolute atomic E-state index is 11.0. The van der Waals surface area contributed by atoms with Gasteiger partial charge in [0.2, 0.25) is 0 Å². The largest absolute Gasteiger partial charge is 0.497 e. The fourth-order valence-corrected chi connectivity index (χ4v) is 3.69. The van der Waals surface area contributed by atoms with Crippen LogP contribution in [0.5, 0.6) is 5.75 Å². The molecule has 1 aliphatic heterocycles. The summed E-state index contributed by atoms with van der Waals surface area (Å²) < 4.78 is 5.24. The number of hydrogen-bond donors (Lipinski definition) is 1. The standard InChI is InChI=1S/C24H24N2O3/c1-29-23-12-10-22(11-13-23)26-16-14-25(15-17-26)21-8-6-19(7-9-21)18-2-4-20(5-3-18)24(27)28/h2-13H,14-17H2,1H3,(H,27,28). The van der Waals surface area contributed by atoms with E-state index in [0.29, 0.717) is 5.56 Å². The predicted octanol–water partition coefficient (Wildman–Crippen LogP) is 4.39. The summed E-state index contributed by atoms with van der Waals surface area (Å²) in [6.07, 6.45) is 0. The maximum atomic E-state index is 11.0. The summed E-state index contributed by atoms with van der Waals surface area (Å²) in [6.45, 7) is 3.90. The van der Waals surface area contributed by atoms with E-state index in [9.17, 15) is 4.79 Å². The minimum atomic E-state index is -0.902. The van der Waals surface area contributed by atoms with Crippen LogP contribution in [0.1, 0.15) is 10.4 Å². The Bertz CT molecular complexity index is 959. The van der Waals surface area contributed by atoms with Gasteiger partial charge in [-0.25, -0.2) is 4.79 Å². The first-order valence-electron chi connectivity index (χ1n) is 9.72. The van der Waals surface area contributed by atoms with Crippen LogP contribution in [0.4, 0.5) is 11.4 Å². The zero-order chi connectivity index (χ0) is 20.2. The lowest BCUT2D eigenvalue weighted by atomic mass is 10.0. The molecule has 1 fully saturated rings. The number of hydrogen-bond acceptors (Lipinski definition) is 4. The number of carboxylic acid groups (broad SMARTS) is 1. The normalized spacial score (nSPS) is 14.0. The highest BCUT2D eigenvalue weighted by atomic mass is 16.5. The summed E-state index contributed by atoms with van der Waals surface area (Å²) in [5.41, 5.74) is 4.85. The van der Waals surface area contributed by atoms with Crippen molar-refractivity contribution in [1.29, 1.82) is 0 Å². The van der Waals surface area contributed by atoms with Crippen LogP contribution in [0.25, 0.3) is 11.1 Å². The Kier molecular flexibility index (Phi) is 5.38. The second kappa shape index (κ2) is 8.27. The van der Waals surface area contributed by atoms with E-state index in [1.54, 1.807) is 19.2 Å². The highest BCUT2D eigenvalue weighted by Crippen LogP contribution is 2.26. The van der Waals surface area contributed by atoms with Gasteiger partial charge in [-0.2, -0.15) is 0 Å². The highest BCUT2D eigenvalue weighted by Gasteiger charge is 2.17. The van der Waals surface area contributed by atoms with Crippen LogP contribution in [0.15, 0.2) is 72.8 Å². The quantitative estimate of drug-likeness (QED) is 0.703. The molecule has 1 saturated heterocycles. The molecule has 3 aromatic carbocycles. The first-order chi connectivity index (χ1) is 14.1. The van der Waals surface area contributed by atoms with Crippen molar-refractivity contribution in [1.82, 2.24) is 0 Å². The fourth-order valence-electron chi connectivity index (χ4n) is 3.69. The number of ether oxygens (including phenoxy) is 1. The number of nitrogens with zero attached hydrogens (tertiary/aromatic N) is 2. The van der Waals surface area contributed by atoms with E-state index in [4.69, 9.17) is 9.84 Å². The summed E-state index contributed by atoms with van der Waals surface area (Å²) in [7, 11) is 1.68. The Morgan fingerprint density at radius 2 is 1.14 bits per heavy atom. The SMILES string of the molecule is COc1ccc(N2CCN(c3ccc(-c4ccc(C(=O)O)cc4)cc3)CC2)cc1. The number of carboxylic acids is 1. The minimum absolute atomic E-state index is 0.306. The van der Waals surface area contributed by atoms with Gasteiger partial charge < -0.3 is 19.6 Å². The molecule has 5 heteroatoms. The van der Waals surface area contributed by atoms with Gasteiger partial charge in [0, 0.05) is 37.6 Å². The molecule has 0 saturated carbocycles. The molecule has 0 radical (unpaired) electrons. The zero-order valence-electron chi connectivity index (χ0n) is 16.4. The minimum Gasteiger partial charge on any atom is -0.497 e. The van der Waals surface area contributed by atoms with Gasteiger partial charge in [-0.3, -0.25) is 0 Å². The molecule has 1 N–H and O–H groups in total. The molecule has 0 unspecified atom stereocenters. The number of rotatable bonds is 5. The molecule has 148 valence electrons. The summed E-state index contributed by atoms with van der Waals surface area (Å²) in [5.74, 6) is -0.0224. The van der Waals surface area contributed by atoms with Gasteiger partial charge in [-0.1, -0.05) is 24.3 Å². The molecule has 0 aliphatic carbocycles. The topological polar surface area (TPSA) is 53.0 Å². The Morgan fingerprint density at radius 3 is 1.55 bits per heavy atom. The van der Waals surface area contributed by atoms with Crippen molar-refractivity contribution < 1.29 is 14.6 Å². The molecule has 0 amide bonds. The van der Waals surface area contributed by atoms with Crippen molar-refractivity contribution in [2.75, 3.05) is 43.1 Å². The maximum Gasteiger partial charge on any atom is 0.335 e. The van der Waals surface area contributed by atoms with E-state index in [1.807, 2.05) is 24.3 Å². The number of aromatic carboxylic acids is 1. The van der Waals surface area contributed by atoms with Crippen molar-refractivity contribution in [3.05, 3.63) is 78.4 Å². The van der Waals surface area contributed by atoms with Gasteiger partial charge in [-0.15, -0.1) is 0 Å². The van der Waals surface area contributed by atoms with Crippen molar-refractivity contribution in [3.8, 4) is 16.9 Å². The number of carbonyl (C=O) groups is 1. The highest BCUT2D eigenvalue weighted by molar-refractivity contribution is 5.88. The van der Waals surface area contributed by atoms with E-state index < -0.39 is 5.97 Å². The molecule has 1 aliphatic rings. The number of piperazine rings is 1. The monoisotopic (exact) mass is 388 g/mol. The van der Waals surface area contributed by atoms with Crippen molar-refractivity contribution >= 4 is 17.3 Å². The van der Waals surface area contributed by atoms with E-state index >= 15 is 0 Å². The third-order valence-electron chi connectivity index (χ3n) is 5.41. The number of anilines is 2. The molecule has 1 heterocycles. The first-order valence-corrected chi connectivity index (χ1v) is 9.72. The molecule has 0 spiro atoms. The van der Waals surface area contributed by atoms with Gasteiger partial charge in [-0.05, 0) is 59.7 Å². The second-order valence-corrected chi connectivity index (χ2v) is 7.10. The van der Waals surface area contributed by atoms with E-state index in [1.165, 1.54) is 11.4 Å². The lowest BCUT2D eigenvalue weighted by Gasteiger charge is -2.37. The molecule has 4 rings (SSSR count). The molecule has 0 atom stereocenters. The third-order valence-corrected chi connectivity index (χ3v) is 5.41. The molecular weight excluding hydrogens is 364 g/mol. The van der Waals surface area contributed by atoms with E-state index in [0.717, 1.165) is 43.1 Å². The smallest absolute Gasteiger partial charge is 0.335 e. The summed E-state index contributed by atoms with van der Waals surface area (Å²) in [4.78, 5) is 15.8. The molecular formula is C24H24N2O3. The molecule has 5 nitrogen and oxygen atoms in total. The van der Waals surface area contributed by atoms with Gasteiger partial charge >= 0.3 is 5.97 Å². The third kappa shape index (κ3) is 4.19. The summed E-state index contributed by atoms with van der Waals surface area (Å²) in [5, 5.41) is 9.03. The lowest BCUT2D eigenvalue weighted by Crippen LogP contribution is -2.46. The van der Waals surface area contributed by atoms with Crippen LogP contribution >= 0.6 is 0 Å². The van der Waals surface area contributed by atoms with Crippen LogP contribution in [0, 0.1) is 0 Å². The summed E-state index contributed by atoms with van der Waals surface area (Å²) >= 11 is 0. The van der Waals surface area contributed by atoms with Crippen LogP contribution in [-0.4, -0.2) is 44.4 Å². The Labute approximate surface area is 170 Å². The summed E-state index contributed by atoms with van der Waals surface area (Å²) in [6, 6.07) is 23.7. The Morgan fingerprint density at radius 1 is 0.724 bits per heavy atom. The van der Waals surface area contributed by atoms with E-state index in [2.05, 4.69) is 46.2 Å². The van der Waals surface area contributed by atoms with Crippen molar-refractivity contribution in [3.63, 3.8) is 0 Å². The average Bonchev–Trinajstić information content (AvgIpc) is 2.79. The molecule has 3 aromatic rings. The number of methoxy groups -OCH3 is 1. The van der Waals surface area contributed by atoms with Crippen LogP contribution in [0.2, 0.25) is 0 Å². The average molecular weight is 388 g/mol. The molecule has 0 bridgehead atoms. The van der Waals surface area contributed by atoms with Gasteiger partial charge in [0.1, 0.15) is 5.75 Å². The zero-order valence-corrected chi connectivity index (χ0v) is 16.4. The molecule has 0 aromatic heterocycles. The van der Waals surface area contributed by atoms with Crippen LogP contribution in [-0.2, 0) is 0 Å². The first kappa shape index (κ1) is 18.9. The predicted molar refractivity (Wildman–Crippen MR) is 116 cm³/mol. The van der Waals surface area contributed by atoms with Gasteiger partial charge in [0.15, 0.2) is 0 Å². The fraction of sp³-hybridized carbons (Fsp3) is 0.208. The van der Waals surface area contributed by atoms with Gasteiger partial charge in [0.25, 0.3) is 0 Å². The number of benzene rings is 3. The Balaban J connectivity index is 1.39.